The standard InChI is InChI=1S/C24H26N8O3.C2HF3O2/c1-3-35-19-13-15(8-11-18(19)34-2)20(29-16-9-6-14(7-10-16)21(26)27)22-30-24(33)32(31-22)23-17(25)5-4-12-28-23;3-2(4,5)1(6)7/h4-13,20,29H,3,25H2,1-2H3,(H3,26,27)(H,30,31,33);(H,6,7). The van der Waals surface area contributed by atoms with Crippen LogP contribution in [0.15, 0.2) is 65.6 Å². The maximum atomic E-state index is 12.8. The molecule has 222 valence electrons. The maximum absolute atomic E-state index is 12.8. The van der Waals surface area contributed by atoms with Gasteiger partial charge in [0.15, 0.2) is 23.1 Å². The van der Waals surface area contributed by atoms with E-state index in [1.54, 1.807) is 49.6 Å². The number of pyridine rings is 1. The smallest absolute Gasteiger partial charge is 0.490 e. The predicted octanol–water partition coefficient (Wildman–Crippen LogP) is 3.06. The van der Waals surface area contributed by atoms with Gasteiger partial charge in [-0.3, -0.25) is 10.4 Å². The van der Waals surface area contributed by atoms with Crippen LogP contribution in [0.5, 0.6) is 11.5 Å². The largest absolute Gasteiger partial charge is 0.493 e. The molecule has 2 aromatic carbocycles. The normalized spacial score (nSPS) is 11.5. The molecule has 0 spiro atoms. The topological polar surface area (TPSA) is 207 Å². The molecule has 4 rings (SSSR count). The number of alkyl halides is 3. The van der Waals surface area contributed by atoms with Gasteiger partial charge in [-0.2, -0.15) is 17.9 Å². The molecule has 0 fully saturated rings. The first-order valence-corrected chi connectivity index (χ1v) is 12.1. The minimum Gasteiger partial charge on any atom is -0.493 e. The zero-order valence-corrected chi connectivity index (χ0v) is 22.3. The van der Waals surface area contributed by atoms with Crippen LogP contribution in [0.2, 0.25) is 0 Å². The zero-order valence-electron chi connectivity index (χ0n) is 22.3. The minimum atomic E-state index is -5.08. The number of benzene rings is 2. The van der Waals surface area contributed by atoms with Crippen LogP contribution in [-0.4, -0.2) is 56.6 Å². The van der Waals surface area contributed by atoms with Gasteiger partial charge in [-0.1, -0.05) is 6.07 Å². The summed E-state index contributed by atoms with van der Waals surface area (Å²) in [6.07, 6.45) is -3.55. The Morgan fingerprint density at radius 3 is 2.40 bits per heavy atom. The number of aromatic amines is 1. The number of halogens is 3. The predicted molar refractivity (Wildman–Crippen MR) is 147 cm³/mol. The second-order valence-electron chi connectivity index (χ2n) is 8.36. The van der Waals surface area contributed by atoms with Gasteiger partial charge < -0.3 is 31.4 Å². The third-order valence-electron chi connectivity index (χ3n) is 5.50. The number of nitrogens with two attached hydrogens (primary N) is 2. The molecule has 42 heavy (non-hydrogen) atoms. The number of amidine groups is 1. The van der Waals surface area contributed by atoms with Gasteiger partial charge in [-0.25, -0.2) is 14.6 Å². The Labute approximate surface area is 236 Å². The van der Waals surface area contributed by atoms with Gasteiger partial charge in [-0.15, -0.1) is 5.10 Å². The van der Waals surface area contributed by atoms with Crippen molar-refractivity contribution in [3.8, 4) is 17.3 Å². The van der Waals surface area contributed by atoms with Crippen molar-refractivity contribution in [3.05, 3.63) is 88.2 Å². The van der Waals surface area contributed by atoms with Crippen LogP contribution in [0.4, 0.5) is 24.5 Å². The SMILES string of the molecule is CCOc1cc(C(Nc2ccc(C(=N)N)cc2)c2nn(-c3ncccc3N)c(=O)[nH]2)ccc1OC.O=C(O)C(F)(F)F. The fourth-order valence-electron chi connectivity index (χ4n) is 3.56. The first-order chi connectivity index (χ1) is 19.8. The Kier molecular flexibility index (Phi) is 9.75. The summed E-state index contributed by atoms with van der Waals surface area (Å²) in [6.45, 7) is 2.34. The van der Waals surface area contributed by atoms with E-state index in [9.17, 15) is 18.0 Å². The first kappa shape index (κ1) is 31.0. The number of carbonyl (C=O) groups is 1. The average Bonchev–Trinajstić information content (AvgIpc) is 3.33. The van der Waals surface area contributed by atoms with E-state index in [1.165, 1.54) is 6.20 Å². The van der Waals surface area contributed by atoms with Crippen LogP contribution in [0.3, 0.4) is 0 Å². The Hall–Kier alpha value is -5.54. The monoisotopic (exact) mass is 588 g/mol. The Bertz CT molecular complexity index is 1600. The number of nitrogen functional groups attached to an aromatic ring is 2. The van der Waals surface area contributed by atoms with E-state index >= 15 is 0 Å². The molecule has 0 aliphatic rings. The van der Waals surface area contributed by atoms with Crippen molar-refractivity contribution in [2.75, 3.05) is 24.8 Å². The highest BCUT2D eigenvalue weighted by Gasteiger charge is 2.38. The summed E-state index contributed by atoms with van der Waals surface area (Å²) in [5.41, 5.74) is 13.5. The molecule has 2 heterocycles. The van der Waals surface area contributed by atoms with E-state index in [-0.39, 0.29) is 11.7 Å². The highest BCUT2D eigenvalue weighted by atomic mass is 19.4. The summed E-state index contributed by atoms with van der Waals surface area (Å²) in [6, 6.07) is 15.3. The summed E-state index contributed by atoms with van der Waals surface area (Å²) in [5.74, 6) is -1.08. The summed E-state index contributed by atoms with van der Waals surface area (Å²) >= 11 is 0. The number of nitrogens with zero attached hydrogens (tertiary/aromatic N) is 3. The highest BCUT2D eigenvalue weighted by Crippen LogP contribution is 2.33. The summed E-state index contributed by atoms with van der Waals surface area (Å²) in [5, 5.41) is 22.6. The van der Waals surface area contributed by atoms with Gasteiger partial charge >= 0.3 is 17.8 Å². The lowest BCUT2D eigenvalue weighted by molar-refractivity contribution is -0.192. The van der Waals surface area contributed by atoms with Crippen LogP contribution >= 0.6 is 0 Å². The molecule has 0 aliphatic heterocycles. The Morgan fingerprint density at radius 1 is 1.19 bits per heavy atom. The molecule has 13 nitrogen and oxygen atoms in total. The van der Waals surface area contributed by atoms with E-state index in [0.717, 1.165) is 15.9 Å². The van der Waals surface area contributed by atoms with Gasteiger partial charge in [0.25, 0.3) is 0 Å². The molecule has 2 aromatic heterocycles. The molecule has 4 aromatic rings. The lowest BCUT2D eigenvalue weighted by atomic mass is 10.0. The van der Waals surface area contributed by atoms with Gasteiger partial charge in [0.1, 0.15) is 11.9 Å². The second kappa shape index (κ2) is 13.2. The van der Waals surface area contributed by atoms with Crippen LogP contribution in [-0.2, 0) is 4.79 Å². The van der Waals surface area contributed by atoms with Gasteiger partial charge in [0, 0.05) is 17.4 Å². The molecular weight excluding hydrogens is 561 g/mol. The van der Waals surface area contributed by atoms with Crippen LogP contribution in [0, 0.1) is 5.41 Å². The van der Waals surface area contributed by atoms with Crippen molar-refractivity contribution < 1.29 is 32.5 Å². The van der Waals surface area contributed by atoms with Gasteiger partial charge in [0.05, 0.1) is 19.4 Å². The molecule has 0 aliphatic carbocycles. The third-order valence-corrected chi connectivity index (χ3v) is 5.50. The maximum Gasteiger partial charge on any atom is 0.490 e. The number of methoxy groups -OCH3 is 1. The second-order valence-corrected chi connectivity index (χ2v) is 8.36. The fraction of sp³-hybridized carbons (Fsp3) is 0.192. The van der Waals surface area contributed by atoms with Crippen LogP contribution in [0.25, 0.3) is 5.82 Å². The third kappa shape index (κ3) is 7.56. The molecule has 0 radical (unpaired) electrons. The quantitative estimate of drug-likeness (QED) is 0.124. The molecule has 1 atom stereocenters. The van der Waals surface area contributed by atoms with E-state index in [2.05, 4.69) is 20.4 Å². The van der Waals surface area contributed by atoms with Crippen molar-refractivity contribution in [1.29, 1.82) is 5.41 Å². The molecule has 1 unspecified atom stereocenters. The van der Waals surface area contributed by atoms with Crippen molar-refractivity contribution in [1.82, 2.24) is 19.7 Å². The molecule has 8 N–H and O–H groups in total. The Balaban J connectivity index is 0.000000616. The number of H-pyrrole nitrogens is 1. The number of hydrogen-bond acceptors (Lipinski definition) is 9. The number of carboxylic acid groups (broad SMARTS) is 1. The average molecular weight is 589 g/mol. The number of hydrogen-bond donors (Lipinski definition) is 6. The van der Waals surface area contributed by atoms with Crippen molar-refractivity contribution in [3.63, 3.8) is 0 Å². The number of anilines is 2. The van der Waals surface area contributed by atoms with E-state index < -0.39 is 23.9 Å². The minimum absolute atomic E-state index is 0.0272. The molecule has 0 bridgehead atoms. The van der Waals surface area contributed by atoms with Crippen LogP contribution < -0.4 is 31.9 Å². The van der Waals surface area contributed by atoms with Crippen LogP contribution in [0.1, 0.15) is 29.9 Å². The zero-order chi connectivity index (χ0) is 31.0. The fourth-order valence-corrected chi connectivity index (χ4v) is 3.56. The Morgan fingerprint density at radius 2 is 1.86 bits per heavy atom. The van der Waals surface area contributed by atoms with E-state index in [0.29, 0.717) is 35.2 Å². The highest BCUT2D eigenvalue weighted by molar-refractivity contribution is 5.95. The number of aliphatic carboxylic acids is 1. The lowest BCUT2D eigenvalue weighted by Gasteiger charge is -2.20. The molecule has 0 saturated heterocycles. The van der Waals surface area contributed by atoms with Gasteiger partial charge in [-0.05, 0) is 61.0 Å². The number of carboxylic acids is 1. The number of ether oxygens (including phenoxy) is 2. The first-order valence-electron chi connectivity index (χ1n) is 12.1. The molecule has 0 amide bonds. The number of rotatable bonds is 9. The number of aromatic nitrogens is 4. The van der Waals surface area contributed by atoms with Crippen molar-refractivity contribution in [2.45, 2.75) is 19.1 Å². The summed E-state index contributed by atoms with van der Waals surface area (Å²) in [4.78, 5) is 28.7. The van der Waals surface area contributed by atoms with E-state index in [1.807, 2.05) is 19.1 Å². The number of nitrogens with one attached hydrogen (secondary N) is 3. The van der Waals surface area contributed by atoms with Crippen molar-refractivity contribution >= 4 is 23.2 Å². The summed E-state index contributed by atoms with van der Waals surface area (Å²) < 4.78 is 44.0. The molecular formula is C26H27F3N8O5. The molecule has 0 saturated carbocycles. The summed E-state index contributed by atoms with van der Waals surface area (Å²) in [7, 11) is 1.57. The van der Waals surface area contributed by atoms with Crippen molar-refractivity contribution in [2.24, 2.45) is 5.73 Å². The molecule has 16 heteroatoms. The lowest BCUT2D eigenvalue weighted by Crippen LogP contribution is -2.21. The van der Waals surface area contributed by atoms with Gasteiger partial charge in [0.2, 0.25) is 0 Å². The van der Waals surface area contributed by atoms with E-state index in [4.69, 9.17) is 36.3 Å².